The zero-order valence-corrected chi connectivity index (χ0v) is 17.6. The summed E-state index contributed by atoms with van der Waals surface area (Å²) in [4.78, 5) is 52.5. The summed E-state index contributed by atoms with van der Waals surface area (Å²) in [5.74, 6) is -3.39. The van der Waals surface area contributed by atoms with Crippen molar-refractivity contribution in [2.24, 2.45) is 0 Å². The quantitative estimate of drug-likeness (QED) is 0.204. The Morgan fingerprint density at radius 3 is 1.97 bits per heavy atom. The van der Waals surface area contributed by atoms with Crippen molar-refractivity contribution in [3.05, 3.63) is 0 Å². The molecule has 8 atom stereocenters. The first-order chi connectivity index (χ1) is 15.0. The number of β-amino-alcohol motifs (C(OH)–C–C–N with tert-alkyl or cyclic N) is 3. The van der Waals surface area contributed by atoms with E-state index in [0.717, 1.165) is 4.90 Å². The highest BCUT2D eigenvalue weighted by atomic mass is 16.4. The van der Waals surface area contributed by atoms with Crippen LogP contribution in [0.3, 0.4) is 0 Å². The minimum atomic E-state index is -1.59. The third kappa shape index (κ3) is 5.02. The molecule has 0 unspecified atom stereocenters. The normalized spacial score (nSPS) is 34.4. The van der Waals surface area contributed by atoms with Gasteiger partial charge in [0.25, 0.3) is 0 Å². The van der Waals surface area contributed by atoms with E-state index in [-0.39, 0.29) is 38.9 Å². The van der Waals surface area contributed by atoms with Crippen molar-refractivity contribution >= 4 is 23.7 Å². The Morgan fingerprint density at radius 1 is 0.906 bits per heavy atom. The second kappa shape index (κ2) is 9.67. The molecule has 3 rings (SSSR count). The number of aliphatic hydroxyl groups is 4. The van der Waals surface area contributed by atoms with Crippen LogP contribution >= 0.6 is 0 Å². The molecule has 13 nitrogen and oxygen atoms in total. The Bertz CT molecular complexity index is 763. The maximum absolute atomic E-state index is 13.3. The van der Waals surface area contributed by atoms with Crippen molar-refractivity contribution < 1.29 is 44.7 Å². The summed E-state index contributed by atoms with van der Waals surface area (Å²) in [5, 5.41) is 53.7. The Kier molecular flexibility index (Phi) is 7.35. The van der Waals surface area contributed by atoms with Crippen LogP contribution in [-0.2, 0) is 19.2 Å². The van der Waals surface area contributed by atoms with Crippen molar-refractivity contribution in [2.75, 3.05) is 19.6 Å². The number of carbonyl (C=O) groups excluding carboxylic acids is 3. The second-order valence-corrected chi connectivity index (χ2v) is 8.71. The zero-order valence-electron chi connectivity index (χ0n) is 17.6. The van der Waals surface area contributed by atoms with E-state index < -0.39 is 72.3 Å². The predicted octanol–water partition coefficient (Wildman–Crippen LogP) is -4.42. The highest BCUT2D eigenvalue weighted by molar-refractivity contribution is 5.95. The maximum Gasteiger partial charge on any atom is 0.328 e. The van der Waals surface area contributed by atoms with Crippen LogP contribution in [0, 0.1) is 0 Å². The van der Waals surface area contributed by atoms with Gasteiger partial charge in [0.05, 0.1) is 30.5 Å². The summed E-state index contributed by atoms with van der Waals surface area (Å²) in [5.41, 5.74) is 0. The molecule has 0 radical (unpaired) electrons. The van der Waals surface area contributed by atoms with E-state index in [0.29, 0.717) is 0 Å². The van der Waals surface area contributed by atoms with E-state index in [2.05, 4.69) is 10.6 Å². The minimum Gasteiger partial charge on any atom is -0.480 e. The first-order valence-electron chi connectivity index (χ1n) is 10.6. The summed E-state index contributed by atoms with van der Waals surface area (Å²) < 4.78 is 0. The number of nitrogens with zero attached hydrogens (tertiary/aromatic N) is 2. The number of carboxylic acid groups (broad SMARTS) is 1. The van der Waals surface area contributed by atoms with E-state index >= 15 is 0 Å². The van der Waals surface area contributed by atoms with Crippen molar-refractivity contribution in [3.8, 4) is 0 Å². The minimum absolute atomic E-state index is 0.0494. The Hall–Kier alpha value is -2.32. The standard InChI is InChI=1S/C19H30N4O9/c1-8(24)15(19(31)32)21-16(28)13-3-10(26)6-22(13)18(30)14-4-11(27)7-23(14)17(29)12-2-9(25)5-20-12/h8-15,20,24-27H,2-7H2,1H3,(H,21,28)(H,31,32)/t8-,9-,10-,11-,12+,13+,14+,15+/m1/s1. The molecular formula is C19H30N4O9. The SMILES string of the molecule is C[C@@H](O)[C@H](NC(=O)[C@@H]1C[C@@H](O)CN1C(=O)[C@@H]1C[C@@H](O)CN1C(=O)[C@@H]1C[C@@H](O)CN1)C(=O)O. The maximum atomic E-state index is 13.3. The van der Waals surface area contributed by atoms with Gasteiger partial charge < -0.3 is 46.0 Å². The van der Waals surface area contributed by atoms with E-state index in [1.165, 1.54) is 11.8 Å². The van der Waals surface area contributed by atoms with Gasteiger partial charge in [-0.3, -0.25) is 14.4 Å². The Balaban J connectivity index is 1.75. The molecule has 3 aliphatic rings. The number of aliphatic hydroxyl groups excluding tert-OH is 4. The molecule has 3 heterocycles. The van der Waals surface area contributed by atoms with Gasteiger partial charge in [-0.1, -0.05) is 0 Å². The molecule has 0 aromatic heterocycles. The molecule has 0 bridgehead atoms. The van der Waals surface area contributed by atoms with Crippen molar-refractivity contribution in [1.82, 2.24) is 20.4 Å². The number of aliphatic carboxylic acids is 1. The van der Waals surface area contributed by atoms with Gasteiger partial charge in [-0.2, -0.15) is 0 Å². The van der Waals surface area contributed by atoms with E-state index in [9.17, 15) is 44.7 Å². The fraction of sp³-hybridized carbons (Fsp3) is 0.789. The summed E-state index contributed by atoms with van der Waals surface area (Å²) in [6.45, 7) is 1.15. The van der Waals surface area contributed by atoms with Crippen LogP contribution in [0.4, 0.5) is 0 Å². The molecule has 0 saturated carbocycles. The van der Waals surface area contributed by atoms with E-state index in [4.69, 9.17) is 0 Å². The Labute approximate surface area is 184 Å². The van der Waals surface area contributed by atoms with Gasteiger partial charge in [0.15, 0.2) is 6.04 Å². The van der Waals surface area contributed by atoms with Crippen LogP contribution < -0.4 is 10.6 Å². The Morgan fingerprint density at radius 2 is 1.47 bits per heavy atom. The first-order valence-corrected chi connectivity index (χ1v) is 10.6. The topological polar surface area (TPSA) is 200 Å². The predicted molar refractivity (Wildman–Crippen MR) is 106 cm³/mol. The summed E-state index contributed by atoms with van der Waals surface area (Å²) in [6, 6.07) is -4.55. The van der Waals surface area contributed by atoms with Gasteiger partial charge in [0, 0.05) is 32.5 Å². The van der Waals surface area contributed by atoms with Crippen LogP contribution in [0.15, 0.2) is 0 Å². The smallest absolute Gasteiger partial charge is 0.328 e. The number of rotatable bonds is 6. The number of carbonyl (C=O) groups is 4. The van der Waals surface area contributed by atoms with Crippen LogP contribution in [-0.4, -0.2) is 127 Å². The monoisotopic (exact) mass is 458 g/mol. The zero-order chi connectivity index (χ0) is 23.7. The number of hydrogen-bond acceptors (Lipinski definition) is 9. The first kappa shape index (κ1) is 24.3. The van der Waals surface area contributed by atoms with E-state index in [1.54, 1.807) is 0 Å². The molecular weight excluding hydrogens is 428 g/mol. The molecule has 0 spiro atoms. The molecule has 3 fully saturated rings. The third-order valence-electron chi connectivity index (χ3n) is 6.16. The second-order valence-electron chi connectivity index (χ2n) is 8.71. The molecule has 32 heavy (non-hydrogen) atoms. The lowest BCUT2D eigenvalue weighted by Gasteiger charge is -2.32. The molecule has 180 valence electrons. The lowest BCUT2D eigenvalue weighted by Crippen LogP contribution is -2.57. The molecule has 3 aliphatic heterocycles. The molecule has 13 heteroatoms. The van der Waals surface area contributed by atoms with Crippen molar-refractivity contribution in [3.63, 3.8) is 0 Å². The fourth-order valence-corrected chi connectivity index (χ4v) is 4.53. The number of carboxylic acids is 1. The van der Waals surface area contributed by atoms with E-state index in [1.807, 2.05) is 0 Å². The van der Waals surface area contributed by atoms with Crippen molar-refractivity contribution in [2.45, 2.75) is 74.8 Å². The molecule has 3 amide bonds. The third-order valence-corrected chi connectivity index (χ3v) is 6.16. The molecule has 0 aromatic carbocycles. The van der Waals surface area contributed by atoms with Crippen LogP contribution in [0.1, 0.15) is 26.2 Å². The van der Waals surface area contributed by atoms with Gasteiger partial charge in [-0.05, 0) is 13.3 Å². The van der Waals surface area contributed by atoms with Gasteiger partial charge in [-0.15, -0.1) is 0 Å². The van der Waals surface area contributed by atoms with Crippen LogP contribution in [0.2, 0.25) is 0 Å². The van der Waals surface area contributed by atoms with Gasteiger partial charge >= 0.3 is 5.97 Å². The number of amides is 3. The van der Waals surface area contributed by atoms with Gasteiger partial charge in [0.2, 0.25) is 17.7 Å². The average Bonchev–Trinajstić information content (AvgIpc) is 3.42. The van der Waals surface area contributed by atoms with Crippen LogP contribution in [0.5, 0.6) is 0 Å². The van der Waals surface area contributed by atoms with Gasteiger partial charge in [-0.25, -0.2) is 4.79 Å². The number of hydrogen-bond donors (Lipinski definition) is 7. The lowest BCUT2D eigenvalue weighted by molar-refractivity contribution is -0.149. The molecule has 3 saturated heterocycles. The molecule has 7 N–H and O–H groups in total. The van der Waals surface area contributed by atoms with Crippen LogP contribution in [0.25, 0.3) is 0 Å². The molecule has 0 aliphatic carbocycles. The lowest BCUT2D eigenvalue weighted by atomic mass is 10.1. The highest BCUT2D eigenvalue weighted by Gasteiger charge is 2.48. The summed E-state index contributed by atoms with van der Waals surface area (Å²) in [7, 11) is 0. The van der Waals surface area contributed by atoms with Crippen molar-refractivity contribution in [1.29, 1.82) is 0 Å². The fourth-order valence-electron chi connectivity index (χ4n) is 4.53. The van der Waals surface area contributed by atoms with Gasteiger partial charge in [0.1, 0.15) is 12.1 Å². The largest absolute Gasteiger partial charge is 0.480 e. The highest BCUT2D eigenvalue weighted by Crippen LogP contribution is 2.27. The number of nitrogens with one attached hydrogen (secondary N) is 2. The summed E-state index contributed by atoms with van der Waals surface area (Å²) in [6.07, 6.45) is -4.08. The molecule has 0 aromatic rings. The average molecular weight is 458 g/mol. The number of likely N-dealkylation sites (tertiary alicyclic amines) is 2. The summed E-state index contributed by atoms with van der Waals surface area (Å²) >= 11 is 0.